The molecule has 1 heterocycles. The molecule has 0 fully saturated rings. The summed E-state index contributed by atoms with van der Waals surface area (Å²) >= 11 is 0. The summed E-state index contributed by atoms with van der Waals surface area (Å²) in [5.74, 6) is -0.894. The monoisotopic (exact) mass is 609 g/mol. The molecule has 0 bridgehead atoms. The standard InChI is InChI=1S/C31H41N3O7.Li.2H2O/c1-31(2,3)41-30(37)34(13-15-38-17-19-40-20-18-39-16-14-35)23-28(24-7-5-4-6-8-24)29(36)33-27-10-9-26-22-32-12-11-25(26)21-27;;;/h4-12,21-22,28,35H,13-20,23H2,1-3H3,(H,33,36);;2*1H2/q;+1;;/p-1/t28-;;;/m1.../s1. The van der Waals surface area contributed by atoms with Gasteiger partial charge in [0.1, 0.15) is 5.60 Å². The zero-order valence-corrected chi connectivity index (χ0v) is 26.0. The van der Waals surface area contributed by atoms with Crippen LogP contribution in [-0.4, -0.2) is 103 Å². The molecule has 3 aromatic rings. The number of amides is 2. The van der Waals surface area contributed by atoms with Crippen LogP contribution in [-0.2, 0) is 23.7 Å². The second-order valence-electron chi connectivity index (χ2n) is 10.4. The predicted octanol–water partition coefficient (Wildman–Crippen LogP) is 0.239. The summed E-state index contributed by atoms with van der Waals surface area (Å²) in [6.45, 7) is 7.74. The van der Waals surface area contributed by atoms with E-state index in [1.807, 2.05) is 54.6 Å². The number of ether oxygens (including phenoxy) is 4. The molecule has 0 saturated carbocycles. The van der Waals surface area contributed by atoms with Crippen LogP contribution in [0.15, 0.2) is 67.0 Å². The Morgan fingerprint density at radius 3 is 2.18 bits per heavy atom. The Labute approximate surface area is 270 Å². The van der Waals surface area contributed by atoms with E-state index in [9.17, 15) is 9.59 Å². The fraction of sp³-hybridized carbons (Fsp3) is 0.452. The smallest absolute Gasteiger partial charge is 0.870 e. The van der Waals surface area contributed by atoms with Gasteiger partial charge >= 0.3 is 25.0 Å². The molecular weight excluding hydrogens is 565 g/mol. The number of fused-ring (bicyclic) bond motifs is 1. The maximum atomic E-state index is 13.7. The molecule has 0 aliphatic rings. The van der Waals surface area contributed by atoms with Crippen LogP contribution >= 0.6 is 0 Å². The van der Waals surface area contributed by atoms with Crippen molar-refractivity contribution in [3.8, 4) is 0 Å². The van der Waals surface area contributed by atoms with E-state index in [-0.39, 0.29) is 68.6 Å². The van der Waals surface area contributed by atoms with E-state index < -0.39 is 17.6 Å². The molecule has 5 N–H and O–H groups in total. The summed E-state index contributed by atoms with van der Waals surface area (Å²) < 4.78 is 22.0. The van der Waals surface area contributed by atoms with Gasteiger partial charge in [0.05, 0.1) is 52.2 Å². The Morgan fingerprint density at radius 2 is 1.55 bits per heavy atom. The molecule has 238 valence electrons. The summed E-state index contributed by atoms with van der Waals surface area (Å²) in [5, 5.41) is 13.7. The Balaban J connectivity index is 0.00000616. The van der Waals surface area contributed by atoms with Gasteiger partial charge in [0, 0.05) is 36.6 Å². The van der Waals surface area contributed by atoms with Crippen LogP contribution in [0.2, 0.25) is 0 Å². The van der Waals surface area contributed by atoms with Crippen LogP contribution in [0.5, 0.6) is 0 Å². The average Bonchev–Trinajstić information content (AvgIpc) is 2.95. The van der Waals surface area contributed by atoms with Crippen molar-refractivity contribution in [2.75, 3.05) is 64.7 Å². The Hall–Kier alpha value is -3.05. The van der Waals surface area contributed by atoms with Gasteiger partial charge < -0.3 is 45.2 Å². The number of carbonyl (C=O) groups is 2. The largest absolute Gasteiger partial charge is 1.00 e. The summed E-state index contributed by atoms with van der Waals surface area (Å²) in [6, 6.07) is 16.9. The molecule has 13 heteroatoms. The first-order chi connectivity index (χ1) is 19.8. The van der Waals surface area contributed by atoms with E-state index in [0.29, 0.717) is 32.1 Å². The third-order valence-electron chi connectivity index (χ3n) is 5.97. The maximum absolute atomic E-state index is 13.7. The fourth-order valence-corrected chi connectivity index (χ4v) is 4.00. The van der Waals surface area contributed by atoms with Crippen molar-refractivity contribution in [1.82, 2.24) is 9.88 Å². The molecule has 44 heavy (non-hydrogen) atoms. The van der Waals surface area contributed by atoms with Crippen molar-refractivity contribution in [2.24, 2.45) is 0 Å². The van der Waals surface area contributed by atoms with Crippen LogP contribution in [0.3, 0.4) is 0 Å². The molecule has 0 aliphatic carbocycles. The molecule has 0 aliphatic heterocycles. The minimum Gasteiger partial charge on any atom is -0.870 e. The second kappa shape index (κ2) is 21.6. The first kappa shape index (κ1) is 40.9. The Bertz CT molecular complexity index is 1230. The number of pyridine rings is 1. The number of hydrogen-bond donors (Lipinski definition) is 2. The molecular formula is C31H44LiN3O9. The number of aliphatic hydroxyl groups is 1. The van der Waals surface area contributed by atoms with Crippen molar-refractivity contribution in [3.63, 3.8) is 0 Å². The number of anilines is 1. The number of aromatic nitrogens is 1. The molecule has 0 saturated heterocycles. The van der Waals surface area contributed by atoms with E-state index >= 15 is 0 Å². The summed E-state index contributed by atoms with van der Waals surface area (Å²) in [5.41, 5.74) is 0.733. The Morgan fingerprint density at radius 1 is 0.909 bits per heavy atom. The quantitative estimate of drug-likeness (QED) is 0.170. The number of hydrogen-bond acceptors (Lipinski definition) is 9. The van der Waals surface area contributed by atoms with Crippen LogP contribution < -0.4 is 24.2 Å². The molecule has 2 amide bonds. The van der Waals surface area contributed by atoms with E-state index in [1.54, 1.807) is 33.2 Å². The van der Waals surface area contributed by atoms with Crippen molar-refractivity contribution in [3.05, 3.63) is 72.6 Å². The average molecular weight is 610 g/mol. The minimum absolute atomic E-state index is 0. The molecule has 1 aromatic heterocycles. The van der Waals surface area contributed by atoms with Crippen LogP contribution in [0.4, 0.5) is 10.5 Å². The van der Waals surface area contributed by atoms with Crippen molar-refractivity contribution in [2.45, 2.75) is 32.3 Å². The number of benzene rings is 2. The predicted molar refractivity (Wildman–Crippen MR) is 162 cm³/mol. The van der Waals surface area contributed by atoms with Gasteiger partial charge in [0.25, 0.3) is 0 Å². The van der Waals surface area contributed by atoms with Gasteiger partial charge in [-0.05, 0) is 49.9 Å². The van der Waals surface area contributed by atoms with Crippen molar-refractivity contribution < 1.29 is 63.5 Å². The molecule has 2 aromatic carbocycles. The minimum atomic E-state index is -0.702. The first-order valence-corrected chi connectivity index (χ1v) is 13.8. The van der Waals surface area contributed by atoms with Crippen molar-refractivity contribution in [1.29, 1.82) is 0 Å². The third-order valence-corrected chi connectivity index (χ3v) is 5.97. The third kappa shape index (κ3) is 14.6. The van der Waals surface area contributed by atoms with Gasteiger partial charge in [-0.3, -0.25) is 9.78 Å². The second-order valence-corrected chi connectivity index (χ2v) is 10.4. The molecule has 0 spiro atoms. The number of aliphatic hydroxyl groups excluding tert-OH is 1. The van der Waals surface area contributed by atoms with E-state index in [2.05, 4.69) is 10.3 Å². The van der Waals surface area contributed by atoms with Gasteiger partial charge in [-0.1, -0.05) is 36.4 Å². The maximum Gasteiger partial charge on any atom is 1.00 e. The number of carbonyl (C=O) groups excluding carboxylic acids is 2. The molecule has 12 nitrogen and oxygen atoms in total. The zero-order valence-electron chi connectivity index (χ0n) is 26.0. The first-order valence-electron chi connectivity index (χ1n) is 13.8. The molecule has 1 atom stereocenters. The van der Waals surface area contributed by atoms with Gasteiger partial charge in [0.2, 0.25) is 5.91 Å². The van der Waals surface area contributed by atoms with Crippen LogP contribution in [0.1, 0.15) is 32.3 Å². The molecule has 3 rings (SSSR count). The van der Waals surface area contributed by atoms with Gasteiger partial charge in [-0.15, -0.1) is 0 Å². The number of nitrogens with zero attached hydrogens (tertiary/aromatic N) is 2. The zero-order chi connectivity index (χ0) is 29.5. The summed E-state index contributed by atoms with van der Waals surface area (Å²) in [7, 11) is 0. The number of nitrogens with one attached hydrogen (secondary N) is 1. The van der Waals surface area contributed by atoms with Crippen LogP contribution in [0.25, 0.3) is 10.8 Å². The molecule has 0 radical (unpaired) electrons. The number of rotatable bonds is 16. The SMILES string of the molecule is CC(C)(C)OC(=O)N(CCOCCOCCOCCO)C[C@@H](C(=O)Nc1ccc2cnccc2c1)c1ccccc1.O.[Li+].[OH-]. The van der Waals surface area contributed by atoms with Gasteiger partial charge in [-0.2, -0.15) is 0 Å². The van der Waals surface area contributed by atoms with Gasteiger partial charge in [-0.25, -0.2) is 4.79 Å². The van der Waals surface area contributed by atoms with Crippen LogP contribution in [0, 0.1) is 0 Å². The Kier molecular flexibility index (Phi) is 20.1. The fourth-order valence-electron chi connectivity index (χ4n) is 4.00. The topological polar surface area (TPSA) is 181 Å². The van der Waals surface area contributed by atoms with E-state index in [1.165, 1.54) is 4.90 Å². The van der Waals surface area contributed by atoms with Crippen molar-refractivity contribution >= 4 is 28.5 Å². The van der Waals surface area contributed by atoms with E-state index in [4.69, 9.17) is 24.1 Å². The van der Waals surface area contributed by atoms with Gasteiger partial charge in [0.15, 0.2) is 0 Å². The normalized spacial score (nSPS) is 11.4. The summed E-state index contributed by atoms with van der Waals surface area (Å²) in [4.78, 5) is 32.5. The van der Waals surface area contributed by atoms with E-state index in [0.717, 1.165) is 16.3 Å². The molecule has 0 unspecified atom stereocenters. The summed E-state index contributed by atoms with van der Waals surface area (Å²) in [6.07, 6.45) is 2.96.